The molecule has 0 atom stereocenters. The van der Waals surface area contributed by atoms with Crippen LogP contribution in [0.15, 0.2) is 388 Å². The van der Waals surface area contributed by atoms with Crippen molar-refractivity contribution in [3.63, 3.8) is 0 Å². The third-order valence-electron chi connectivity index (χ3n) is 23.7. The van der Waals surface area contributed by atoms with Crippen molar-refractivity contribution in [1.82, 2.24) is 0 Å². The summed E-state index contributed by atoms with van der Waals surface area (Å²) in [5.74, 6) is 0. The highest BCUT2D eigenvalue weighted by Gasteiger charge is 2.50. The molecule has 7 heterocycles. The van der Waals surface area contributed by atoms with E-state index in [0.717, 1.165) is 113 Å². The van der Waals surface area contributed by atoms with E-state index in [1.807, 2.05) is 34.0 Å². The van der Waals surface area contributed by atoms with Crippen LogP contribution in [0.1, 0.15) is 0 Å². The normalized spacial score (nSPS) is 13.0. The number of rotatable bonds is 11. The Hall–Kier alpha value is -13.7. The largest absolute Gasteiger partial charge is 0.311 e. The number of anilines is 18. The molecule has 0 saturated heterocycles. The van der Waals surface area contributed by atoms with Gasteiger partial charge in [-0.1, -0.05) is 243 Å². The molecular formula is C102H64B2N6S3. The Morgan fingerprint density at radius 2 is 0.611 bits per heavy atom. The summed E-state index contributed by atoms with van der Waals surface area (Å²) in [6.45, 7) is -0.496. The molecule has 4 aliphatic heterocycles. The van der Waals surface area contributed by atoms with Gasteiger partial charge in [-0.2, -0.15) is 0 Å². The maximum Gasteiger partial charge on any atom is 0.252 e. The third kappa shape index (κ3) is 9.72. The molecule has 0 fully saturated rings. The van der Waals surface area contributed by atoms with Gasteiger partial charge in [-0.05, 0) is 184 Å². The summed E-state index contributed by atoms with van der Waals surface area (Å²) in [5, 5.41) is 7.48. The van der Waals surface area contributed by atoms with Gasteiger partial charge in [0.25, 0.3) is 13.4 Å². The fourth-order valence-corrected chi connectivity index (χ4v) is 22.6. The molecule has 0 radical (unpaired) electrons. The van der Waals surface area contributed by atoms with Crippen LogP contribution in [-0.2, 0) is 0 Å². The van der Waals surface area contributed by atoms with Crippen molar-refractivity contribution in [2.24, 2.45) is 0 Å². The Morgan fingerprint density at radius 1 is 0.221 bits per heavy atom. The van der Waals surface area contributed by atoms with Gasteiger partial charge in [0.15, 0.2) is 0 Å². The van der Waals surface area contributed by atoms with Gasteiger partial charge in [0.05, 0.1) is 38.8 Å². The fraction of sp³-hybridized carbons (Fsp3) is 0. The van der Waals surface area contributed by atoms with Gasteiger partial charge in [-0.3, -0.25) is 0 Å². The molecule has 0 saturated carbocycles. The van der Waals surface area contributed by atoms with Crippen LogP contribution in [0.3, 0.4) is 0 Å². The molecule has 526 valence electrons. The first-order valence-corrected chi connectivity index (χ1v) is 41.1. The van der Waals surface area contributed by atoms with Gasteiger partial charge in [0.1, 0.15) is 0 Å². The van der Waals surface area contributed by atoms with Crippen LogP contribution in [0.25, 0.3) is 71.6 Å². The molecule has 0 spiro atoms. The first-order valence-electron chi connectivity index (χ1n) is 38.7. The molecule has 4 aliphatic rings. The van der Waals surface area contributed by atoms with Gasteiger partial charge >= 0.3 is 0 Å². The summed E-state index contributed by atoms with van der Waals surface area (Å²) in [7, 11) is 0. The van der Waals surface area contributed by atoms with Crippen molar-refractivity contribution < 1.29 is 0 Å². The predicted octanol–water partition coefficient (Wildman–Crippen LogP) is 25.6. The Bertz CT molecular complexity index is 7270. The Labute approximate surface area is 666 Å². The number of hydrogen-bond donors (Lipinski definition) is 0. The molecule has 0 amide bonds. The Kier molecular flexibility index (Phi) is 14.5. The van der Waals surface area contributed by atoms with Crippen LogP contribution in [0.4, 0.5) is 102 Å². The van der Waals surface area contributed by atoms with Crippen LogP contribution < -0.4 is 62.2 Å². The lowest BCUT2D eigenvalue weighted by Crippen LogP contribution is -2.65. The van der Waals surface area contributed by atoms with Gasteiger partial charge in [-0.25, -0.2) is 0 Å². The minimum absolute atomic E-state index is 0.246. The lowest BCUT2D eigenvalue weighted by atomic mass is 9.30. The van der Waals surface area contributed by atoms with E-state index in [1.54, 1.807) is 0 Å². The second-order valence-electron chi connectivity index (χ2n) is 29.7. The summed E-state index contributed by atoms with van der Waals surface area (Å²) in [5.41, 5.74) is 29.5. The highest BCUT2D eigenvalue weighted by molar-refractivity contribution is 7.27. The maximum absolute atomic E-state index is 2.68. The van der Waals surface area contributed by atoms with E-state index >= 15 is 0 Å². The van der Waals surface area contributed by atoms with Crippen LogP contribution in [0.2, 0.25) is 0 Å². The standard InChI is InChI=1S/C102H64B2N6S3/c1-6-31-65(32-7-1)72-41-16-22-48-81(72)109-88-64-87-79(63-80(88)103-77-46-20-23-49-82(77)107(68-37-12-4-13-38-68)89-59-70(61-91(109)100(89)103)105(66-33-8-2-9-34-66)84-51-29-57-96-98(84)75-43-18-26-55-94(75)111-96)104-78-47-21-24-50-83(78)110(85-52-30-58-97-99(85)76-44-19-27-56-95(76)112-97)92-62-71(60-90(101(92)104)108(87)69-39-14-5-15-40-69)106(67-35-10-3-11-36-67)86-53-28-45-74-73-42-17-25-54-93(73)113-102(74)86/h1-64H. The minimum atomic E-state index is -0.250. The molecule has 0 N–H and O–H groups in total. The lowest BCUT2D eigenvalue weighted by molar-refractivity contribution is 1.22. The van der Waals surface area contributed by atoms with E-state index in [9.17, 15) is 0 Å². The van der Waals surface area contributed by atoms with Gasteiger partial charge in [0, 0.05) is 130 Å². The van der Waals surface area contributed by atoms with Crippen molar-refractivity contribution in [3.8, 4) is 11.1 Å². The fourth-order valence-electron chi connectivity index (χ4n) is 19.2. The van der Waals surface area contributed by atoms with E-state index in [2.05, 4.69) is 418 Å². The minimum Gasteiger partial charge on any atom is -0.311 e. The van der Waals surface area contributed by atoms with Crippen LogP contribution in [-0.4, -0.2) is 13.4 Å². The molecule has 24 rings (SSSR count). The van der Waals surface area contributed by atoms with Crippen molar-refractivity contribution in [2.45, 2.75) is 0 Å². The topological polar surface area (TPSA) is 19.4 Å². The highest BCUT2D eigenvalue weighted by atomic mass is 32.1. The highest BCUT2D eigenvalue weighted by Crippen LogP contribution is 2.56. The van der Waals surface area contributed by atoms with Crippen LogP contribution in [0, 0.1) is 0 Å². The van der Waals surface area contributed by atoms with E-state index in [4.69, 9.17) is 0 Å². The summed E-state index contributed by atoms with van der Waals surface area (Å²) in [4.78, 5) is 15.6. The zero-order chi connectivity index (χ0) is 73.9. The molecule has 6 nitrogen and oxygen atoms in total. The zero-order valence-electron chi connectivity index (χ0n) is 61.0. The van der Waals surface area contributed by atoms with Crippen molar-refractivity contribution in [3.05, 3.63) is 388 Å². The first-order chi connectivity index (χ1) is 56.1. The lowest BCUT2D eigenvalue weighted by Gasteiger charge is -2.48. The second kappa shape index (κ2) is 25.4. The molecule has 113 heavy (non-hydrogen) atoms. The van der Waals surface area contributed by atoms with Crippen LogP contribution >= 0.6 is 34.0 Å². The number of hydrogen-bond acceptors (Lipinski definition) is 9. The molecule has 0 bridgehead atoms. The summed E-state index contributed by atoms with van der Waals surface area (Å²) in [6, 6.07) is 146. The summed E-state index contributed by atoms with van der Waals surface area (Å²) in [6.07, 6.45) is 0. The maximum atomic E-state index is 2.68. The predicted molar refractivity (Wildman–Crippen MR) is 488 cm³/mol. The number of fused-ring (bicyclic) bond motifs is 17. The van der Waals surface area contributed by atoms with Gasteiger partial charge in [0.2, 0.25) is 0 Å². The molecule has 0 unspecified atom stereocenters. The average molecular weight is 1490 g/mol. The van der Waals surface area contributed by atoms with E-state index in [1.165, 1.54) is 93.3 Å². The van der Waals surface area contributed by atoms with E-state index < -0.39 is 0 Å². The van der Waals surface area contributed by atoms with Gasteiger partial charge < -0.3 is 29.4 Å². The molecule has 17 aromatic carbocycles. The monoisotopic (exact) mass is 1490 g/mol. The number of nitrogens with zero attached hydrogens (tertiary/aromatic N) is 6. The zero-order valence-corrected chi connectivity index (χ0v) is 63.5. The summed E-state index contributed by atoms with van der Waals surface area (Å²) < 4.78 is 7.53. The number of para-hydroxylation sites is 7. The van der Waals surface area contributed by atoms with E-state index in [0.29, 0.717) is 0 Å². The smallest absolute Gasteiger partial charge is 0.252 e. The molecule has 3 aromatic heterocycles. The van der Waals surface area contributed by atoms with Crippen molar-refractivity contribution >= 4 is 243 Å². The van der Waals surface area contributed by atoms with E-state index in [-0.39, 0.29) is 13.4 Å². The molecule has 11 heteroatoms. The average Bonchev–Trinajstić information content (AvgIpc) is 1.20. The number of benzene rings is 17. The van der Waals surface area contributed by atoms with Crippen molar-refractivity contribution in [2.75, 3.05) is 29.4 Å². The summed E-state index contributed by atoms with van der Waals surface area (Å²) >= 11 is 5.61. The first kappa shape index (κ1) is 64.2. The molecular weight excluding hydrogens is 1430 g/mol. The van der Waals surface area contributed by atoms with Crippen LogP contribution in [0.5, 0.6) is 0 Å². The van der Waals surface area contributed by atoms with Crippen molar-refractivity contribution in [1.29, 1.82) is 0 Å². The quantitative estimate of drug-likeness (QED) is 0.119. The van der Waals surface area contributed by atoms with Gasteiger partial charge in [-0.15, -0.1) is 34.0 Å². The molecule has 20 aromatic rings. The Morgan fingerprint density at radius 3 is 1.21 bits per heavy atom. The second-order valence-corrected chi connectivity index (χ2v) is 33.0. The molecule has 0 aliphatic carbocycles. The SMILES string of the molecule is c1ccc(-c2ccccc2N2c3cc4c(cc3B3c5ccccc5N(c5ccccc5)c5cc(N(c6ccccc6)c6cccc7sc8ccccc8c67)cc2c53)B2c3ccccc3N(c3cccc5sc6ccccc6c35)c3cc(N(c5ccccc5)c5cccc6c5sc5ccccc56)cc(c32)N4c2ccccc2)cc1. The number of thiophene rings is 3. The Balaban J connectivity index is 0.838. The third-order valence-corrected chi connectivity index (χ3v) is 27.2.